The molecule has 0 aliphatic carbocycles. The van der Waals surface area contributed by atoms with Gasteiger partial charge in [-0.2, -0.15) is 0 Å². The Kier molecular flexibility index (Phi) is 4.76. The van der Waals surface area contributed by atoms with Crippen LogP contribution in [0.15, 0.2) is 22.8 Å². The van der Waals surface area contributed by atoms with Crippen molar-refractivity contribution in [2.75, 3.05) is 6.61 Å². The average Bonchev–Trinajstić information content (AvgIpc) is 2.63. The summed E-state index contributed by atoms with van der Waals surface area (Å²) in [5, 5.41) is 0. The fourth-order valence-corrected chi connectivity index (χ4v) is 1.16. The van der Waals surface area contributed by atoms with Gasteiger partial charge in [-0.1, -0.05) is 0 Å². The van der Waals surface area contributed by atoms with Gasteiger partial charge in [0.2, 0.25) is 0 Å². The topological polar surface area (TPSA) is 39.4 Å². The molecule has 13 heavy (non-hydrogen) atoms. The highest BCUT2D eigenvalue weighted by Crippen LogP contribution is 2.06. The molecule has 0 saturated heterocycles. The van der Waals surface area contributed by atoms with E-state index in [1.807, 2.05) is 12.1 Å². The molecule has 0 saturated carbocycles. The summed E-state index contributed by atoms with van der Waals surface area (Å²) in [6, 6.07) is 3.87. The molecule has 0 radical (unpaired) electrons. The first-order valence-electron chi connectivity index (χ1n) is 4.51. The summed E-state index contributed by atoms with van der Waals surface area (Å²) < 4.78 is 9.74. The van der Waals surface area contributed by atoms with E-state index in [1.165, 1.54) is 0 Å². The van der Waals surface area contributed by atoms with Gasteiger partial charge in [0.15, 0.2) is 0 Å². The van der Waals surface area contributed by atoms with E-state index in [9.17, 15) is 4.79 Å². The van der Waals surface area contributed by atoms with Crippen molar-refractivity contribution in [2.45, 2.75) is 25.7 Å². The van der Waals surface area contributed by atoms with Crippen molar-refractivity contribution in [1.82, 2.24) is 0 Å². The maximum absolute atomic E-state index is 9.79. The van der Waals surface area contributed by atoms with E-state index in [0.717, 1.165) is 31.4 Å². The number of hydrogen-bond donors (Lipinski definition) is 0. The Morgan fingerprint density at radius 3 is 3.00 bits per heavy atom. The lowest BCUT2D eigenvalue weighted by Crippen LogP contribution is -1.92. The lowest BCUT2D eigenvalue weighted by atomic mass is 10.2. The molecular formula is C10H14O3. The van der Waals surface area contributed by atoms with Gasteiger partial charge in [0.25, 0.3) is 6.47 Å². The molecule has 1 aromatic heterocycles. The summed E-state index contributed by atoms with van der Waals surface area (Å²) >= 11 is 0. The number of aryl methyl sites for hydroxylation is 1. The van der Waals surface area contributed by atoms with Crippen LogP contribution in [0, 0.1) is 0 Å². The lowest BCUT2D eigenvalue weighted by molar-refractivity contribution is -0.128. The number of ether oxygens (including phenoxy) is 1. The van der Waals surface area contributed by atoms with Gasteiger partial charge < -0.3 is 9.15 Å². The Hall–Kier alpha value is -1.25. The molecule has 1 heterocycles. The highest BCUT2D eigenvalue weighted by molar-refractivity contribution is 5.36. The summed E-state index contributed by atoms with van der Waals surface area (Å²) in [7, 11) is 0. The van der Waals surface area contributed by atoms with Crippen LogP contribution in [0.2, 0.25) is 0 Å². The molecule has 0 fully saturated rings. The van der Waals surface area contributed by atoms with Crippen LogP contribution >= 0.6 is 0 Å². The van der Waals surface area contributed by atoms with Crippen LogP contribution in [-0.4, -0.2) is 13.1 Å². The molecule has 1 aromatic rings. The predicted octanol–water partition coefficient (Wildman–Crippen LogP) is 2.17. The quantitative estimate of drug-likeness (QED) is 0.479. The first-order valence-corrected chi connectivity index (χ1v) is 4.51. The number of unbranched alkanes of at least 4 members (excludes halogenated alkanes) is 2. The Bertz CT molecular complexity index is 216. The fourth-order valence-electron chi connectivity index (χ4n) is 1.16. The van der Waals surface area contributed by atoms with Crippen molar-refractivity contribution in [3.05, 3.63) is 24.2 Å². The molecule has 3 heteroatoms. The van der Waals surface area contributed by atoms with Gasteiger partial charge in [0, 0.05) is 6.42 Å². The Morgan fingerprint density at radius 2 is 2.31 bits per heavy atom. The van der Waals surface area contributed by atoms with Crippen LogP contribution in [0.25, 0.3) is 0 Å². The highest BCUT2D eigenvalue weighted by Gasteiger charge is 1.95. The molecule has 0 N–H and O–H groups in total. The van der Waals surface area contributed by atoms with Gasteiger partial charge in [-0.15, -0.1) is 0 Å². The summed E-state index contributed by atoms with van der Waals surface area (Å²) in [6.07, 6.45) is 5.72. The number of carbonyl (C=O) groups is 1. The third kappa shape index (κ3) is 4.35. The third-order valence-electron chi connectivity index (χ3n) is 1.83. The van der Waals surface area contributed by atoms with Crippen LogP contribution < -0.4 is 0 Å². The minimum Gasteiger partial charge on any atom is -0.469 e. The molecule has 0 bridgehead atoms. The van der Waals surface area contributed by atoms with Crippen molar-refractivity contribution in [1.29, 1.82) is 0 Å². The molecule has 0 unspecified atom stereocenters. The van der Waals surface area contributed by atoms with Gasteiger partial charge in [0.05, 0.1) is 12.9 Å². The second kappa shape index (κ2) is 6.29. The summed E-state index contributed by atoms with van der Waals surface area (Å²) in [6.45, 7) is 1.02. The zero-order valence-electron chi connectivity index (χ0n) is 7.57. The summed E-state index contributed by atoms with van der Waals surface area (Å²) in [5.74, 6) is 1.02. The van der Waals surface area contributed by atoms with Crippen LogP contribution in [0.5, 0.6) is 0 Å². The molecule has 72 valence electrons. The third-order valence-corrected chi connectivity index (χ3v) is 1.83. The maximum Gasteiger partial charge on any atom is 0.293 e. The van der Waals surface area contributed by atoms with E-state index < -0.39 is 0 Å². The number of furan rings is 1. The van der Waals surface area contributed by atoms with Gasteiger partial charge in [-0.25, -0.2) is 0 Å². The smallest absolute Gasteiger partial charge is 0.293 e. The molecule has 0 aliphatic heterocycles. The van der Waals surface area contributed by atoms with E-state index in [1.54, 1.807) is 6.26 Å². The van der Waals surface area contributed by atoms with E-state index >= 15 is 0 Å². The first-order chi connectivity index (χ1) is 6.43. The van der Waals surface area contributed by atoms with Crippen molar-refractivity contribution in [3.8, 4) is 0 Å². The van der Waals surface area contributed by atoms with Gasteiger partial charge in [-0.3, -0.25) is 4.79 Å². The van der Waals surface area contributed by atoms with Crippen LogP contribution in [0.4, 0.5) is 0 Å². The van der Waals surface area contributed by atoms with Crippen molar-refractivity contribution in [3.63, 3.8) is 0 Å². The molecule has 0 aliphatic rings. The standard InChI is InChI=1S/C10H14O3/c11-9-12-7-3-1-2-5-10-6-4-8-13-10/h4,6,8-9H,1-3,5,7H2. The first kappa shape index (κ1) is 9.84. The molecule has 3 nitrogen and oxygen atoms in total. The molecule has 0 aromatic carbocycles. The minimum absolute atomic E-state index is 0.493. The van der Waals surface area contributed by atoms with E-state index in [2.05, 4.69) is 4.74 Å². The maximum atomic E-state index is 9.79. The van der Waals surface area contributed by atoms with Crippen LogP contribution in [-0.2, 0) is 16.0 Å². The SMILES string of the molecule is O=COCCCCCc1ccco1. The Morgan fingerprint density at radius 1 is 1.38 bits per heavy atom. The van der Waals surface area contributed by atoms with Crippen molar-refractivity contribution < 1.29 is 13.9 Å². The molecule has 0 atom stereocenters. The van der Waals surface area contributed by atoms with Gasteiger partial charge >= 0.3 is 0 Å². The average molecular weight is 182 g/mol. The van der Waals surface area contributed by atoms with Crippen molar-refractivity contribution >= 4 is 6.47 Å². The zero-order chi connectivity index (χ0) is 9.36. The Labute approximate surface area is 77.7 Å². The molecule has 0 spiro atoms. The second-order valence-electron chi connectivity index (χ2n) is 2.86. The van der Waals surface area contributed by atoms with Crippen LogP contribution in [0.3, 0.4) is 0 Å². The van der Waals surface area contributed by atoms with E-state index in [0.29, 0.717) is 13.1 Å². The van der Waals surface area contributed by atoms with E-state index in [4.69, 9.17) is 4.42 Å². The monoisotopic (exact) mass is 182 g/mol. The number of hydrogen-bond acceptors (Lipinski definition) is 3. The van der Waals surface area contributed by atoms with Gasteiger partial charge in [0.1, 0.15) is 5.76 Å². The fraction of sp³-hybridized carbons (Fsp3) is 0.500. The van der Waals surface area contributed by atoms with Gasteiger partial charge in [-0.05, 0) is 31.4 Å². The lowest BCUT2D eigenvalue weighted by Gasteiger charge is -1.98. The van der Waals surface area contributed by atoms with Crippen LogP contribution in [0.1, 0.15) is 25.0 Å². The molecular weight excluding hydrogens is 168 g/mol. The minimum atomic E-state index is 0.493. The summed E-state index contributed by atoms with van der Waals surface area (Å²) in [4.78, 5) is 9.79. The Balaban J connectivity index is 1.93. The molecule has 1 rings (SSSR count). The zero-order valence-corrected chi connectivity index (χ0v) is 7.57. The second-order valence-corrected chi connectivity index (χ2v) is 2.86. The molecule has 0 amide bonds. The summed E-state index contributed by atoms with van der Waals surface area (Å²) in [5.41, 5.74) is 0. The van der Waals surface area contributed by atoms with Crippen molar-refractivity contribution in [2.24, 2.45) is 0 Å². The largest absolute Gasteiger partial charge is 0.469 e. The number of rotatable bonds is 7. The number of carbonyl (C=O) groups excluding carboxylic acids is 1. The normalized spacial score (nSPS) is 9.85. The predicted molar refractivity (Wildman–Crippen MR) is 48.3 cm³/mol. The highest BCUT2D eigenvalue weighted by atomic mass is 16.5. The van der Waals surface area contributed by atoms with E-state index in [-0.39, 0.29) is 0 Å².